The van der Waals surface area contributed by atoms with Crippen LogP contribution in [-0.2, 0) is 0 Å². The molecule has 0 saturated heterocycles. The lowest BCUT2D eigenvalue weighted by Crippen LogP contribution is -2.25. The number of hydrazone groups is 1. The number of rotatable bonds is 2. The van der Waals surface area contributed by atoms with Crippen LogP contribution in [0.25, 0.3) is 0 Å². The Morgan fingerprint density at radius 3 is 2.95 bits per heavy atom. The fourth-order valence-corrected chi connectivity index (χ4v) is 1.67. The Labute approximate surface area is 125 Å². The van der Waals surface area contributed by atoms with Gasteiger partial charge >= 0.3 is 0 Å². The van der Waals surface area contributed by atoms with Crippen molar-refractivity contribution in [2.45, 2.75) is 0 Å². The smallest absolute Gasteiger partial charge is 0.273 e. The molecular weight excluding hydrogens is 296 g/mol. The van der Waals surface area contributed by atoms with Gasteiger partial charge in [-0.2, -0.15) is 0 Å². The van der Waals surface area contributed by atoms with Gasteiger partial charge in [0.05, 0.1) is 16.7 Å². The number of amidine groups is 1. The normalized spacial score (nSPS) is 15.0. The average Bonchev–Trinajstić information content (AvgIpc) is 2.48. The van der Waals surface area contributed by atoms with Crippen LogP contribution in [0.15, 0.2) is 58.8 Å². The van der Waals surface area contributed by atoms with Crippen LogP contribution in [0.2, 0.25) is 0 Å². The third kappa shape index (κ3) is 3.46. The third-order valence-electron chi connectivity index (χ3n) is 2.50. The van der Waals surface area contributed by atoms with Crippen molar-refractivity contribution in [2.24, 2.45) is 10.1 Å². The highest BCUT2D eigenvalue weighted by atomic mass is 35.5. The van der Waals surface area contributed by atoms with Crippen molar-refractivity contribution in [1.29, 1.82) is 0 Å². The number of non-ortho nitro benzene ring substituents is 1. The standard InChI is InChI=1S/C13H11ClN4O3/c1-9-6-7-12(16-17(9)13(14)15-2)21-11-5-3-4-10(8-11)18(19)20/h3-8H,1H2,2H3/b15-13-. The highest BCUT2D eigenvalue weighted by Crippen LogP contribution is 2.21. The van der Waals surface area contributed by atoms with E-state index in [-0.39, 0.29) is 16.9 Å². The molecule has 21 heavy (non-hydrogen) atoms. The van der Waals surface area contributed by atoms with Crippen molar-refractivity contribution >= 4 is 28.5 Å². The Hall–Kier alpha value is -2.67. The molecule has 0 aromatic heterocycles. The summed E-state index contributed by atoms with van der Waals surface area (Å²) in [5.41, 5.74) is 0.458. The van der Waals surface area contributed by atoms with Gasteiger partial charge in [0.15, 0.2) is 0 Å². The lowest BCUT2D eigenvalue weighted by Gasteiger charge is -2.20. The second-order valence-corrected chi connectivity index (χ2v) is 4.26. The highest BCUT2D eigenvalue weighted by Gasteiger charge is 2.16. The van der Waals surface area contributed by atoms with Crippen LogP contribution < -0.4 is 4.74 Å². The van der Waals surface area contributed by atoms with Crippen LogP contribution >= 0.6 is 11.6 Å². The molecule has 108 valence electrons. The summed E-state index contributed by atoms with van der Waals surface area (Å²) in [6.45, 7) is 3.77. The molecule has 0 bridgehead atoms. The second-order valence-electron chi connectivity index (χ2n) is 3.92. The summed E-state index contributed by atoms with van der Waals surface area (Å²) in [6, 6.07) is 5.80. The topological polar surface area (TPSA) is 80.3 Å². The highest BCUT2D eigenvalue weighted by molar-refractivity contribution is 6.64. The zero-order chi connectivity index (χ0) is 15.4. The fourth-order valence-electron chi connectivity index (χ4n) is 1.52. The van der Waals surface area contributed by atoms with Gasteiger partial charge in [-0.1, -0.05) is 12.6 Å². The minimum atomic E-state index is -0.500. The van der Waals surface area contributed by atoms with Crippen LogP contribution in [0.5, 0.6) is 5.75 Å². The van der Waals surface area contributed by atoms with Crippen molar-refractivity contribution in [3.05, 3.63) is 58.8 Å². The molecular formula is C13H11ClN4O3. The van der Waals surface area contributed by atoms with E-state index < -0.39 is 4.92 Å². The van der Waals surface area contributed by atoms with Crippen LogP contribution in [0.1, 0.15) is 0 Å². The van der Waals surface area contributed by atoms with Gasteiger partial charge in [0, 0.05) is 19.2 Å². The fraction of sp³-hybridized carbons (Fsp3) is 0.0769. The number of ether oxygens (including phenoxy) is 1. The van der Waals surface area contributed by atoms with Gasteiger partial charge in [0.2, 0.25) is 11.2 Å². The molecule has 2 rings (SSSR count). The minimum absolute atomic E-state index is 0.0673. The molecule has 8 heteroatoms. The second kappa shape index (κ2) is 6.19. The molecule has 0 aliphatic carbocycles. The van der Waals surface area contributed by atoms with E-state index in [0.717, 1.165) is 0 Å². The Morgan fingerprint density at radius 1 is 1.52 bits per heavy atom. The third-order valence-corrected chi connectivity index (χ3v) is 2.83. The Morgan fingerprint density at radius 2 is 2.29 bits per heavy atom. The summed E-state index contributed by atoms with van der Waals surface area (Å²) in [6.07, 6.45) is 3.23. The number of benzene rings is 1. The Balaban J connectivity index is 2.23. The molecule has 1 aromatic carbocycles. The molecule has 0 radical (unpaired) electrons. The maximum atomic E-state index is 10.7. The number of nitrogens with zero attached hydrogens (tertiary/aromatic N) is 4. The number of halogens is 1. The predicted octanol–water partition coefficient (Wildman–Crippen LogP) is 2.90. The quantitative estimate of drug-likeness (QED) is 0.277. The molecule has 0 saturated carbocycles. The van der Waals surface area contributed by atoms with E-state index in [4.69, 9.17) is 16.3 Å². The summed E-state index contributed by atoms with van der Waals surface area (Å²) in [4.78, 5) is 14.0. The average molecular weight is 307 g/mol. The van der Waals surface area contributed by atoms with E-state index in [1.807, 2.05) is 0 Å². The summed E-state index contributed by atoms with van der Waals surface area (Å²) in [7, 11) is 1.52. The molecule has 0 fully saturated rings. The molecule has 1 aliphatic rings. The number of nitro benzene ring substituents is 1. The van der Waals surface area contributed by atoms with Crippen LogP contribution in [0, 0.1) is 10.1 Å². The maximum absolute atomic E-state index is 10.7. The van der Waals surface area contributed by atoms with Crippen LogP contribution in [0.3, 0.4) is 0 Å². The van der Waals surface area contributed by atoms with Gasteiger partial charge in [0.25, 0.3) is 5.69 Å². The zero-order valence-corrected chi connectivity index (χ0v) is 11.8. The van der Waals surface area contributed by atoms with Crippen LogP contribution in [-0.4, -0.2) is 28.2 Å². The zero-order valence-electron chi connectivity index (χ0n) is 11.1. The maximum Gasteiger partial charge on any atom is 0.273 e. The molecule has 1 aromatic rings. The molecule has 1 heterocycles. The van der Waals surface area contributed by atoms with Crippen LogP contribution in [0.4, 0.5) is 5.69 Å². The predicted molar refractivity (Wildman–Crippen MR) is 80.5 cm³/mol. The van der Waals surface area contributed by atoms with Gasteiger partial charge in [0.1, 0.15) is 5.75 Å². The number of nitro groups is 1. The monoisotopic (exact) mass is 306 g/mol. The van der Waals surface area contributed by atoms with E-state index in [9.17, 15) is 10.1 Å². The van der Waals surface area contributed by atoms with Crippen molar-refractivity contribution in [3.8, 4) is 5.75 Å². The van der Waals surface area contributed by atoms with E-state index >= 15 is 0 Å². The molecule has 7 nitrogen and oxygen atoms in total. The summed E-state index contributed by atoms with van der Waals surface area (Å²) in [5.74, 6) is 0.509. The number of hydrogen-bond donors (Lipinski definition) is 0. The number of aliphatic imine (C=N–C) groups is 1. The molecule has 0 spiro atoms. The van der Waals surface area contributed by atoms with Gasteiger partial charge in [-0.15, -0.1) is 5.10 Å². The summed E-state index contributed by atoms with van der Waals surface area (Å²) in [5, 5.41) is 16.3. The van der Waals surface area contributed by atoms with Crippen molar-refractivity contribution in [2.75, 3.05) is 7.05 Å². The first kappa shape index (κ1) is 14.7. The van der Waals surface area contributed by atoms with Gasteiger partial charge in [-0.3, -0.25) is 15.1 Å². The van der Waals surface area contributed by atoms with E-state index in [1.165, 1.54) is 30.3 Å². The van der Waals surface area contributed by atoms with E-state index in [0.29, 0.717) is 11.4 Å². The lowest BCUT2D eigenvalue weighted by molar-refractivity contribution is -0.384. The lowest BCUT2D eigenvalue weighted by atomic mass is 10.3. The largest absolute Gasteiger partial charge is 0.437 e. The number of allylic oxidation sites excluding steroid dienone is 1. The van der Waals surface area contributed by atoms with E-state index in [1.54, 1.807) is 18.2 Å². The Kier molecular flexibility index (Phi) is 4.34. The van der Waals surface area contributed by atoms with Crippen molar-refractivity contribution < 1.29 is 9.66 Å². The molecule has 0 N–H and O–H groups in total. The molecule has 1 aliphatic heterocycles. The van der Waals surface area contributed by atoms with Gasteiger partial charge < -0.3 is 4.74 Å². The summed E-state index contributed by atoms with van der Waals surface area (Å²) < 4.78 is 5.48. The van der Waals surface area contributed by atoms with Gasteiger partial charge in [-0.25, -0.2) is 5.01 Å². The van der Waals surface area contributed by atoms with Crippen molar-refractivity contribution in [1.82, 2.24) is 5.01 Å². The first-order valence-corrected chi connectivity index (χ1v) is 6.19. The SMILES string of the molecule is C=C1C=CC(Oc2cccc([N+](=O)[O-])c2)=NN1/C(Cl)=N\C. The number of hydrogen-bond acceptors (Lipinski definition) is 5. The first-order chi connectivity index (χ1) is 10.0. The Bertz CT molecular complexity index is 680. The van der Waals surface area contributed by atoms with E-state index in [2.05, 4.69) is 16.7 Å². The minimum Gasteiger partial charge on any atom is -0.437 e. The molecule has 0 atom stereocenters. The first-order valence-electron chi connectivity index (χ1n) is 5.81. The molecule has 0 unspecified atom stereocenters. The van der Waals surface area contributed by atoms with Gasteiger partial charge in [-0.05, 0) is 23.7 Å². The molecule has 0 amide bonds. The summed E-state index contributed by atoms with van der Waals surface area (Å²) >= 11 is 5.90. The van der Waals surface area contributed by atoms with Crippen molar-refractivity contribution in [3.63, 3.8) is 0 Å².